The van der Waals surface area contributed by atoms with Crippen LogP contribution >= 0.6 is 0 Å². The van der Waals surface area contributed by atoms with E-state index in [1.54, 1.807) is 0 Å². The Kier molecular flexibility index (Phi) is 69.1. The third kappa shape index (κ3) is 75.3. The maximum absolute atomic E-state index is 13.0. The second-order valence-electron chi connectivity index (χ2n) is 26.6. The molecule has 0 unspecified atom stereocenters. The van der Waals surface area contributed by atoms with Crippen LogP contribution in [0, 0.1) is 5.41 Å². The Morgan fingerprint density at radius 3 is 0.863 bits per heavy atom. The van der Waals surface area contributed by atoms with Gasteiger partial charge in [0.25, 0.3) is 0 Å². The second kappa shape index (κ2) is 68.5. The van der Waals surface area contributed by atoms with E-state index in [0.717, 1.165) is 38.5 Å². The molecule has 0 spiro atoms. The number of hydrogen-bond donors (Lipinski definition) is 3. The fourth-order valence-electron chi connectivity index (χ4n) is 12.1. The van der Waals surface area contributed by atoms with E-state index >= 15 is 0 Å². The van der Waals surface area contributed by atoms with Gasteiger partial charge in [0, 0.05) is 26.0 Å². The Morgan fingerprint density at radius 2 is 0.611 bits per heavy atom. The van der Waals surface area contributed by atoms with Crippen LogP contribution in [-0.4, -0.2) is 116 Å². The van der Waals surface area contributed by atoms with Gasteiger partial charge in [-0.3, -0.25) is 22.9 Å². The van der Waals surface area contributed by atoms with Crippen molar-refractivity contribution in [3.05, 3.63) is 0 Å². The topological polar surface area (TPSA) is 294 Å². The Labute approximate surface area is 602 Å². The summed E-state index contributed by atoms with van der Waals surface area (Å²) in [6, 6.07) is 0. The van der Waals surface area contributed by atoms with Crippen LogP contribution in [0.5, 0.6) is 0 Å². The predicted octanol–water partition coefficient (Wildman–Crippen LogP) is 16.2. The molecule has 0 aliphatic rings. The van der Waals surface area contributed by atoms with Gasteiger partial charge in [-0.05, 0) is 43.9 Å². The minimum Gasteiger partial charge on any atom is -0.726 e. The largest absolute Gasteiger partial charge is 1.00 e. The maximum Gasteiger partial charge on any atom is 1.00 e. The number of amides is 1. The number of rotatable bonds is 75. The molecule has 0 aromatic carbocycles. The summed E-state index contributed by atoms with van der Waals surface area (Å²) in [5, 5.41) is 2.51. The standard InChI is InChI=1S/C71H139NO19S3.Na/c1-3-5-7-9-11-13-15-17-19-21-23-25-27-29-31-33-35-37-39-41-43-45-47-49-51-53-68(73)86-65-67(66-87-69(74)54-52-50-48-46-44-42-40-38-36-34-32-30-28-26-24-22-20-18-16-14-12-10-8-6-4-2)91-70(75)72-59-64-85-60-55-71(56-61-88-92(76,77)78,57-62-89-93(79,80)81)58-63-90-94(82,83)84;/h67H,3-66H2,1-2H3,(H,72,75)(H,76,77,78)(H,79,80,81)(H,82,83,84);/q;+1/p-1. The Morgan fingerprint density at radius 1 is 0.368 bits per heavy atom. The Bertz CT molecular complexity index is 1910. The number of esters is 2. The van der Waals surface area contributed by atoms with Crippen LogP contribution in [0.4, 0.5) is 4.79 Å². The zero-order valence-corrected chi connectivity index (χ0v) is 64.8. The third-order valence-corrected chi connectivity index (χ3v) is 19.4. The fraction of sp³-hybridized carbons (Fsp3) is 0.958. The number of unbranched alkanes of at least 4 members (excludes halogenated alkanes) is 48. The minimum atomic E-state index is -5.15. The molecule has 0 atom stereocenters. The molecule has 0 radical (unpaired) electrons. The van der Waals surface area contributed by atoms with Crippen LogP contribution in [0.25, 0.3) is 0 Å². The van der Waals surface area contributed by atoms with Crippen molar-refractivity contribution in [2.24, 2.45) is 5.41 Å². The molecule has 0 aliphatic heterocycles. The van der Waals surface area contributed by atoms with E-state index in [1.165, 1.54) is 270 Å². The number of alkyl carbamates (subject to hydrolysis) is 1. The van der Waals surface area contributed by atoms with Gasteiger partial charge in [0.1, 0.15) is 13.2 Å². The second-order valence-corrected chi connectivity index (χ2v) is 29.9. The number of carbonyl (C=O) groups is 3. The molecule has 0 aromatic heterocycles. The molecular formula is C71H138NNaO19S3. The van der Waals surface area contributed by atoms with E-state index in [4.69, 9.17) is 28.1 Å². The molecule has 560 valence electrons. The molecule has 0 rings (SSSR count). The van der Waals surface area contributed by atoms with E-state index in [-0.39, 0.29) is 101 Å². The molecule has 24 heteroatoms. The molecule has 0 saturated carbocycles. The molecule has 1 amide bonds. The van der Waals surface area contributed by atoms with Gasteiger partial charge < -0.3 is 28.8 Å². The number of carbonyl (C=O) groups excluding carboxylic acids is 3. The zero-order chi connectivity index (χ0) is 69.2. The number of ether oxygens (including phenoxy) is 4. The quantitative estimate of drug-likeness (QED) is 0.0127. The van der Waals surface area contributed by atoms with E-state index in [1.807, 2.05) is 0 Å². The van der Waals surface area contributed by atoms with Crippen LogP contribution < -0.4 is 34.9 Å². The summed E-state index contributed by atoms with van der Waals surface area (Å²) in [4.78, 5) is 38.7. The molecule has 0 heterocycles. The monoisotopic (exact) mass is 1430 g/mol. The van der Waals surface area contributed by atoms with Gasteiger partial charge in [-0.15, -0.1) is 0 Å². The van der Waals surface area contributed by atoms with Gasteiger partial charge in [-0.25, -0.2) is 21.6 Å². The zero-order valence-electron chi connectivity index (χ0n) is 60.4. The summed E-state index contributed by atoms with van der Waals surface area (Å²) in [5.41, 5.74) is -1.29. The van der Waals surface area contributed by atoms with Crippen molar-refractivity contribution in [2.75, 3.05) is 52.8 Å². The van der Waals surface area contributed by atoms with Crippen molar-refractivity contribution in [3.8, 4) is 0 Å². The first-order valence-corrected chi connectivity index (χ1v) is 42.0. The van der Waals surface area contributed by atoms with Gasteiger partial charge in [0.2, 0.25) is 10.4 Å². The van der Waals surface area contributed by atoms with Gasteiger partial charge in [0.15, 0.2) is 6.10 Å². The summed E-state index contributed by atoms with van der Waals surface area (Å²) in [7, 11) is -15.0. The number of hydrogen-bond acceptors (Lipinski definition) is 17. The summed E-state index contributed by atoms with van der Waals surface area (Å²) in [5.74, 6) is -0.908. The maximum atomic E-state index is 13.0. The Hall–Kier alpha value is -1.22. The van der Waals surface area contributed by atoms with Crippen molar-refractivity contribution >= 4 is 49.2 Å². The average molecular weight is 1430 g/mol. The van der Waals surface area contributed by atoms with Crippen LogP contribution in [0.2, 0.25) is 0 Å². The van der Waals surface area contributed by atoms with Crippen LogP contribution in [0.15, 0.2) is 0 Å². The van der Waals surface area contributed by atoms with Crippen molar-refractivity contribution < 1.29 is 114 Å². The molecule has 20 nitrogen and oxygen atoms in total. The molecule has 3 N–H and O–H groups in total. The molecule has 0 saturated heterocycles. The SMILES string of the molecule is CCCCCCCCCCCCCCCCCCCCCCCCCCCC(=O)OCC(COC(=O)CCCCCCCCCCCCCCCCCCCCCCCCCCC)OC(=O)NCCOCCC(CCOS(=O)(=O)[O-])(CCOS(=O)(=O)O)CCOS(=O)(=O)O.[Na+]. The Balaban J connectivity index is 0. The first kappa shape index (κ1) is 95.8. The molecule has 0 aliphatic carbocycles. The molecule has 95 heavy (non-hydrogen) atoms. The fourth-order valence-corrected chi connectivity index (χ4v) is 13.0. The first-order chi connectivity index (χ1) is 45.3. The normalized spacial score (nSPS) is 12.1. The molecule has 0 aromatic rings. The average Bonchev–Trinajstić information content (AvgIpc) is 1.09. The van der Waals surface area contributed by atoms with Gasteiger partial charge in [0.05, 0.1) is 26.4 Å². The molecule has 0 fully saturated rings. The van der Waals surface area contributed by atoms with Gasteiger partial charge >= 0.3 is 68.4 Å². The smallest absolute Gasteiger partial charge is 0.726 e. The van der Waals surface area contributed by atoms with Gasteiger partial charge in [-0.2, -0.15) is 16.8 Å². The van der Waals surface area contributed by atoms with E-state index in [0.29, 0.717) is 12.8 Å². The van der Waals surface area contributed by atoms with Crippen molar-refractivity contribution in [1.82, 2.24) is 5.32 Å². The van der Waals surface area contributed by atoms with Crippen LogP contribution in [-0.2, 0) is 72.3 Å². The van der Waals surface area contributed by atoms with Crippen molar-refractivity contribution in [2.45, 2.75) is 380 Å². The summed E-state index contributed by atoms with van der Waals surface area (Å²) in [6.45, 7) is 1.44. The van der Waals surface area contributed by atoms with E-state index < -0.39 is 80.6 Å². The third-order valence-electron chi connectivity index (χ3n) is 18.0. The van der Waals surface area contributed by atoms with Crippen LogP contribution in [0.3, 0.4) is 0 Å². The van der Waals surface area contributed by atoms with E-state index in [9.17, 15) is 44.2 Å². The van der Waals surface area contributed by atoms with Crippen molar-refractivity contribution in [3.63, 3.8) is 0 Å². The first-order valence-electron chi connectivity index (χ1n) is 38.0. The van der Waals surface area contributed by atoms with Gasteiger partial charge in [-0.1, -0.05) is 322 Å². The molecular weight excluding hydrogens is 1290 g/mol. The number of nitrogens with one attached hydrogen (secondary N) is 1. The summed E-state index contributed by atoms with van der Waals surface area (Å²) < 4.78 is 132. The minimum absolute atomic E-state index is 0. The van der Waals surface area contributed by atoms with Crippen LogP contribution in [0.1, 0.15) is 373 Å². The van der Waals surface area contributed by atoms with E-state index in [2.05, 4.69) is 31.7 Å². The predicted molar refractivity (Wildman–Crippen MR) is 374 cm³/mol. The van der Waals surface area contributed by atoms with Crippen molar-refractivity contribution in [1.29, 1.82) is 0 Å². The summed E-state index contributed by atoms with van der Waals surface area (Å²) >= 11 is 0. The molecule has 0 bridgehead atoms. The summed E-state index contributed by atoms with van der Waals surface area (Å²) in [6.07, 6.45) is 61.9.